The minimum absolute atomic E-state index is 0.447. The van der Waals surface area contributed by atoms with Crippen LogP contribution in [0.3, 0.4) is 0 Å². The molecule has 2 N–H and O–H groups in total. The number of benzene rings is 1. The van der Waals surface area contributed by atoms with Crippen LogP contribution in [0.4, 0.5) is 0 Å². The summed E-state index contributed by atoms with van der Waals surface area (Å²) in [6.45, 7) is 13.6. The number of hydrogen-bond donors (Lipinski definition) is 1. The third-order valence-corrected chi connectivity index (χ3v) is 11.6. The van der Waals surface area contributed by atoms with Gasteiger partial charge in [-0.15, -0.1) is 5.54 Å². The largest absolute Gasteiger partial charge is 0.366 e. The van der Waals surface area contributed by atoms with Crippen LogP contribution < -0.4 is 5.73 Å². The molecule has 1 rings (SSSR count). The van der Waals surface area contributed by atoms with Crippen LogP contribution in [0.1, 0.15) is 47.1 Å². The van der Waals surface area contributed by atoms with Crippen molar-refractivity contribution in [3.8, 4) is 11.5 Å². The molecular formula is C20H28BrNOSi. The van der Waals surface area contributed by atoms with Crippen molar-refractivity contribution in [2.24, 2.45) is 5.73 Å². The number of carbonyl (C=O) groups excluding carboxylic acids is 1. The highest BCUT2D eigenvalue weighted by Gasteiger charge is 2.41. The van der Waals surface area contributed by atoms with Crippen LogP contribution in [0.15, 0.2) is 34.8 Å². The van der Waals surface area contributed by atoms with Crippen LogP contribution in [-0.2, 0) is 4.79 Å². The van der Waals surface area contributed by atoms with E-state index in [-0.39, 0.29) is 0 Å². The first kappa shape index (κ1) is 20.7. The maximum atomic E-state index is 11.8. The summed E-state index contributed by atoms with van der Waals surface area (Å²) in [5, 5.41) is 0. The van der Waals surface area contributed by atoms with Crippen LogP contribution in [0, 0.1) is 11.5 Å². The second-order valence-corrected chi connectivity index (χ2v) is 13.6. The highest BCUT2D eigenvalue weighted by Crippen LogP contribution is 2.40. The van der Waals surface area contributed by atoms with Crippen LogP contribution in [0.2, 0.25) is 16.6 Å². The summed E-state index contributed by atoms with van der Waals surface area (Å²) in [4.78, 5) is 11.8. The van der Waals surface area contributed by atoms with Gasteiger partial charge < -0.3 is 5.73 Å². The lowest BCUT2D eigenvalue weighted by Crippen LogP contribution is -2.43. The van der Waals surface area contributed by atoms with Crippen molar-refractivity contribution in [2.45, 2.75) is 58.2 Å². The van der Waals surface area contributed by atoms with Crippen molar-refractivity contribution in [3.05, 3.63) is 40.4 Å². The Morgan fingerprint density at radius 2 is 1.50 bits per heavy atom. The van der Waals surface area contributed by atoms with E-state index in [0.717, 1.165) is 10.0 Å². The molecule has 0 bridgehead atoms. The molecule has 0 atom stereocenters. The lowest BCUT2D eigenvalue weighted by molar-refractivity contribution is -0.112. The summed E-state index contributed by atoms with van der Waals surface area (Å²) in [5.41, 5.74) is 12.1. The predicted octanol–water partition coefficient (Wildman–Crippen LogP) is 5.54. The quantitative estimate of drug-likeness (QED) is 0.389. The summed E-state index contributed by atoms with van der Waals surface area (Å²) in [6.07, 6.45) is 1.69. The Morgan fingerprint density at radius 3 is 1.88 bits per heavy atom. The van der Waals surface area contributed by atoms with Gasteiger partial charge in [0.25, 0.3) is 0 Å². The number of halogens is 1. The molecule has 4 heteroatoms. The van der Waals surface area contributed by atoms with Gasteiger partial charge in [0.05, 0.1) is 5.57 Å². The molecule has 2 nitrogen and oxygen atoms in total. The van der Waals surface area contributed by atoms with Crippen LogP contribution in [-0.4, -0.2) is 14.0 Å². The van der Waals surface area contributed by atoms with Gasteiger partial charge in [-0.3, -0.25) is 4.79 Å². The smallest absolute Gasteiger partial charge is 0.249 e. The maximum absolute atomic E-state index is 11.8. The number of amides is 1. The molecule has 0 saturated carbocycles. The Labute approximate surface area is 156 Å². The molecule has 0 aliphatic heterocycles. The second-order valence-electron chi connectivity index (χ2n) is 7.10. The predicted molar refractivity (Wildman–Crippen MR) is 110 cm³/mol. The van der Waals surface area contributed by atoms with E-state index in [0.29, 0.717) is 22.2 Å². The number of nitrogens with two attached hydrogens (primary N) is 1. The number of primary amides is 1. The van der Waals surface area contributed by atoms with Gasteiger partial charge in [-0.25, -0.2) is 0 Å². The molecule has 1 aromatic carbocycles. The summed E-state index contributed by atoms with van der Waals surface area (Å²) in [7, 11) is -1.80. The zero-order chi connectivity index (χ0) is 18.5. The zero-order valence-corrected chi connectivity index (χ0v) is 18.1. The van der Waals surface area contributed by atoms with Gasteiger partial charge in [-0.2, -0.15) is 0 Å². The molecular weight excluding hydrogens is 378 g/mol. The highest BCUT2D eigenvalue weighted by molar-refractivity contribution is 9.10. The first-order valence-corrected chi connectivity index (χ1v) is 11.4. The van der Waals surface area contributed by atoms with E-state index in [2.05, 4.69) is 68.9 Å². The van der Waals surface area contributed by atoms with Crippen molar-refractivity contribution in [1.82, 2.24) is 0 Å². The first-order chi connectivity index (χ1) is 11.1. The van der Waals surface area contributed by atoms with Crippen LogP contribution in [0.5, 0.6) is 0 Å². The molecule has 0 fully saturated rings. The minimum atomic E-state index is -1.80. The Balaban J connectivity index is 3.34. The normalized spacial score (nSPS) is 12.5. The third kappa shape index (κ3) is 4.61. The van der Waals surface area contributed by atoms with Gasteiger partial charge in [0.15, 0.2) is 0 Å². The standard InChI is InChI=1S/C20H28BrNOSi/c1-14(2)24(15(3)4,16(5)6)13-7-8-19(20(22)23)17-9-11-18(21)12-10-17/h8-12,14-16H,1-6H3,(H2,22,23)/b19-8-. The van der Waals surface area contributed by atoms with Gasteiger partial charge in [0, 0.05) is 10.5 Å². The number of allylic oxidation sites excluding steroid dienone is 1. The van der Waals surface area contributed by atoms with Gasteiger partial charge in [-0.1, -0.05) is 75.5 Å². The van der Waals surface area contributed by atoms with E-state index in [1.165, 1.54) is 0 Å². The minimum Gasteiger partial charge on any atom is -0.366 e. The SMILES string of the molecule is CC(C)[Si](C#C/C=C(\C(N)=O)c1ccc(Br)cc1)(C(C)C)C(C)C. The first-order valence-electron chi connectivity index (χ1n) is 8.41. The topological polar surface area (TPSA) is 43.1 Å². The zero-order valence-electron chi connectivity index (χ0n) is 15.5. The monoisotopic (exact) mass is 405 g/mol. The van der Waals surface area contributed by atoms with Crippen molar-refractivity contribution >= 4 is 35.5 Å². The molecule has 24 heavy (non-hydrogen) atoms. The van der Waals surface area contributed by atoms with E-state index in [9.17, 15) is 4.79 Å². The van der Waals surface area contributed by atoms with E-state index >= 15 is 0 Å². The maximum Gasteiger partial charge on any atom is 0.249 e. The van der Waals surface area contributed by atoms with Gasteiger partial charge in [0.2, 0.25) is 5.91 Å². The van der Waals surface area contributed by atoms with E-state index in [4.69, 9.17) is 5.73 Å². The Hall–Kier alpha value is -1.31. The van der Waals surface area contributed by atoms with Gasteiger partial charge in [-0.05, 0) is 34.3 Å². The van der Waals surface area contributed by atoms with Crippen molar-refractivity contribution < 1.29 is 4.79 Å². The fourth-order valence-electron chi connectivity index (χ4n) is 3.59. The summed E-state index contributed by atoms with van der Waals surface area (Å²) in [6, 6.07) is 7.55. The fraction of sp³-hybridized carbons (Fsp3) is 0.450. The van der Waals surface area contributed by atoms with Crippen molar-refractivity contribution in [2.75, 3.05) is 0 Å². The third-order valence-electron chi connectivity index (χ3n) is 4.79. The van der Waals surface area contributed by atoms with Gasteiger partial charge >= 0.3 is 0 Å². The van der Waals surface area contributed by atoms with Crippen LogP contribution >= 0.6 is 15.9 Å². The fourth-order valence-corrected chi connectivity index (χ4v) is 9.04. The molecule has 0 saturated heterocycles. The van der Waals surface area contributed by atoms with E-state index < -0.39 is 14.0 Å². The highest BCUT2D eigenvalue weighted by atomic mass is 79.9. The lowest BCUT2D eigenvalue weighted by Gasteiger charge is -2.38. The molecule has 0 aliphatic carbocycles. The summed E-state index contributed by atoms with van der Waals surface area (Å²) < 4.78 is 0.965. The Morgan fingerprint density at radius 1 is 1.04 bits per heavy atom. The second kappa shape index (κ2) is 8.69. The van der Waals surface area contributed by atoms with E-state index in [1.807, 2.05) is 24.3 Å². The Kier molecular flexibility index (Phi) is 7.50. The molecule has 0 radical (unpaired) electrons. The molecule has 0 unspecified atom stereocenters. The lowest BCUT2D eigenvalue weighted by atomic mass is 10.1. The Bertz CT molecular complexity index is 641. The van der Waals surface area contributed by atoms with Crippen molar-refractivity contribution in [1.29, 1.82) is 0 Å². The van der Waals surface area contributed by atoms with Crippen molar-refractivity contribution in [3.63, 3.8) is 0 Å². The number of hydrogen-bond acceptors (Lipinski definition) is 1. The average molecular weight is 406 g/mol. The molecule has 0 heterocycles. The molecule has 0 aliphatic rings. The average Bonchev–Trinajstić information content (AvgIpc) is 2.47. The van der Waals surface area contributed by atoms with Crippen LogP contribution in [0.25, 0.3) is 5.57 Å². The van der Waals surface area contributed by atoms with Gasteiger partial charge in [0.1, 0.15) is 8.07 Å². The molecule has 0 aromatic heterocycles. The summed E-state index contributed by atoms with van der Waals surface area (Å²) in [5.74, 6) is 2.76. The molecule has 1 aromatic rings. The molecule has 130 valence electrons. The number of rotatable bonds is 5. The number of carbonyl (C=O) groups is 1. The summed E-state index contributed by atoms with van der Waals surface area (Å²) >= 11 is 3.40. The molecule has 0 spiro atoms. The van der Waals surface area contributed by atoms with E-state index in [1.54, 1.807) is 6.08 Å². The molecule has 1 amide bonds.